The molecule has 0 bridgehead atoms. The van der Waals surface area contributed by atoms with E-state index in [-0.39, 0.29) is 43.3 Å². The van der Waals surface area contributed by atoms with Crippen LogP contribution in [0, 0.1) is 6.92 Å². The van der Waals surface area contributed by atoms with E-state index in [0.717, 1.165) is 36.8 Å². The summed E-state index contributed by atoms with van der Waals surface area (Å²) in [5.41, 5.74) is 2.84. The van der Waals surface area contributed by atoms with Crippen molar-refractivity contribution in [2.45, 2.75) is 64.5 Å². The Morgan fingerprint density at radius 3 is 2.44 bits per heavy atom. The van der Waals surface area contributed by atoms with Crippen LogP contribution < -0.4 is 0 Å². The standard InChI is InChI=1S/C28H30N4O4/c1-19-9-7-10-20(17-19)26-29-24(36-30-26)18-32(21-11-3-2-4-12-21)25(33)15-8-16-31-27(34)22-13-5-6-14-23(22)28(31)35/h5-7,9-10,13-14,17,21H,2-4,8,11-12,15-16,18H2,1H3. The highest BCUT2D eigenvalue weighted by Crippen LogP contribution is 2.27. The van der Waals surface area contributed by atoms with Crippen LogP contribution in [-0.2, 0) is 11.3 Å². The Kier molecular flexibility index (Phi) is 6.93. The molecule has 1 aliphatic heterocycles. The van der Waals surface area contributed by atoms with E-state index in [1.807, 2.05) is 36.1 Å². The van der Waals surface area contributed by atoms with Crippen LogP contribution in [0.2, 0.25) is 0 Å². The van der Waals surface area contributed by atoms with E-state index in [1.165, 1.54) is 11.3 Å². The summed E-state index contributed by atoms with van der Waals surface area (Å²) in [7, 11) is 0. The summed E-state index contributed by atoms with van der Waals surface area (Å²) in [4.78, 5) is 46.3. The van der Waals surface area contributed by atoms with E-state index in [9.17, 15) is 14.4 Å². The molecule has 8 nitrogen and oxygen atoms in total. The molecule has 1 aliphatic carbocycles. The van der Waals surface area contributed by atoms with Gasteiger partial charge in [-0.15, -0.1) is 0 Å². The van der Waals surface area contributed by atoms with Gasteiger partial charge in [0.25, 0.3) is 11.8 Å². The molecule has 0 saturated heterocycles. The lowest BCUT2D eigenvalue weighted by Crippen LogP contribution is -2.41. The first-order valence-corrected chi connectivity index (χ1v) is 12.7. The molecule has 2 aliphatic rings. The average molecular weight is 487 g/mol. The first kappa shape index (κ1) is 23.9. The topological polar surface area (TPSA) is 96.6 Å². The third-order valence-corrected chi connectivity index (χ3v) is 7.04. The van der Waals surface area contributed by atoms with Crippen molar-refractivity contribution >= 4 is 17.7 Å². The Morgan fingerprint density at radius 1 is 1.03 bits per heavy atom. The molecular formula is C28H30N4O4. The molecule has 8 heteroatoms. The number of hydrogen-bond acceptors (Lipinski definition) is 6. The van der Waals surface area contributed by atoms with Gasteiger partial charge in [-0.25, -0.2) is 0 Å². The zero-order chi connectivity index (χ0) is 25.1. The number of aromatic nitrogens is 2. The average Bonchev–Trinajstić information content (AvgIpc) is 3.47. The largest absolute Gasteiger partial charge is 0.337 e. The van der Waals surface area contributed by atoms with Gasteiger partial charge in [-0.3, -0.25) is 19.3 Å². The molecule has 1 fully saturated rings. The van der Waals surface area contributed by atoms with Gasteiger partial charge >= 0.3 is 0 Å². The zero-order valence-electron chi connectivity index (χ0n) is 20.5. The fraction of sp³-hybridized carbons (Fsp3) is 0.393. The van der Waals surface area contributed by atoms with E-state index >= 15 is 0 Å². The van der Waals surface area contributed by atoms with Gasteiger partial charge in [-0.2, -0.15) is 4.98 Å². The third kappa shape index (κ3) is 4.94. The molecule has 1 saturated carbocycles. The van der Waals surface area contributed by atoms with Crippen LogP contribution in [0.4, 0.5) is 0 Å². The molecule has 36 heavy (non-hydrogen) atoms. The smallest absolute Gasteiger partial charge is 0.261 e. The van der Waals surface area contributed by atoms with E-state index < -0.39 is 0 Å². The van der Waals surface area contributed by atoms with Crippen molar-refractivity contribution in [2.75, 3.05) is 6.54 Å². The molecule has 2 heterocycles. The van der Waals surface area contributed by atoms with Crippen LogP contribution in [0.5, 0.6) is 0 Å². The molecule has 0 radical (unpaired) electrons. The molecule has 186 valence electrons. The predicted octanol–water partition coefficient (Wildman–Crippen LogP) is 4.78. The molecule has 5 rings (SSSR count). The number of hydrogen-bond donors (Lipinski definition) is 0. The fourth-order valence-corrected chi connectivity index (χ4v) is 5.15. The second-order valence-electron chi connectivity index (χ2n) is 9.61. The maximum absolute atomic E-state index is 13.4. The van der Waals surface area contributed by atoms with Crippen LogP contribution in [0.25, 0.3) is 11.4 Å². The number of nitrogens with zero attached hydrogens (tertiary/aromatic N) is 4. The van der Waals surface area contributed by atoms with Gasteiger partial charge in [0, 0.05) is 24.6 Å². The molecule has 2 aromatic carbocycles. The minimum atomic E-state index is -0.290. The quantitative estimate of drug-likeness (QED) is 0.425. The second-order valence-corrected chi connectivity index (χ2v) is 9.61. The van der Waals surface area contributed by atoms with Crippen molar-refractivity contribution < 1.29 is 18.9 Å². The number of benzene rings is 2. The predicted molar refractivity (Wildman–Crippen MR) is 133 cm³/mol. The van der Waals surface area contributed by atoms with Crippen LogP contribution in [0.1, 0.15) is 77.1 Å². The number of fused-ring (bicyclic) bond motifs is 1. The lowest BCUT2D eigenvalue weighted by atomic mass is 9.94. The summed E-state index contributed by atoms with van der Waals surface area (Å²) in [5, 5.41) is 4.13. The van der Waals surface area contributed by atoms with Crippen molar-refractivity contribution in [3.63, 3.8) is 0 Å². The Morgan fingerprint density at radius 2 is 1.75 bits per heavy atom. The normalized spacial score (nSPS) is 15.9. The fourth-order valence-electron chi connectivity index (χ4n) is 5.15. The zero-order valence-corrected chi connectivity index (χ0v) is 20.5. The van der Waals surface area contributed by atoms with Crippen LogP contribution >= 0.6 is 0 Å². The van der Waals surface area contributed by atoms with Gasteiger partial charge in [0.05, 0.1) is 11.1 Å². The summed E-state index contributed by atoms with van der Waals surface area (Å²) in [6.07, 6.45) is 5.89. The first-order valence-electron chi connectivity index (χ1n) is 12.7. The van der Waals surface area contributed by atoms with Crippen molar-refractivity contribution in [3.05, 3.63) is 71.1 Å². The summed E-state index contributed by atoms with van der Waals surface area (Å²) in [6.45, 7) is 2.49. The van der Waals surface area contributed by atoms with Crippen molar-refractivity contribution in [2.24, 2.45) is 0 Å². The minimum absolute atomic E-state index is 0.0196. The maximum atomic E-state index is 13.4. The van der Waals surface area contributed by atoms with E-state index in [1.54, 1.807) is 24.3 Å². The lowest BCUT2D eigenvalue weighted by molar-refractivity contribution is -0.135. The van der Waals surface area contributed by atoms with Crippen molar-refractivity contribution in [3.8, 4) is 11.4 Å². The van der Waals surface area contributed by atoms with E-state index in [2.05, 4.69) is 10.1 Å². The summed E-state index contributed by atoms with van der Waals surface area (Å²) in [6, 6.07) is 14.9. The summed E-state index contributed by atoms with van der Waals surface area (Å²) in [5.74, 6) is 0.318. The van der Waals surface area contributed by atoms with Gasteiger partial charge < -0.3 is 9.42 Å². The number of carbonyl (C=O) groups is 3. The van der Waals surface area contributed by atoms with Gasteiger partial charge in [0.1, 0.15) is 6.54 Å². The van der Waals surface area contributed by atoms with E-state index in [0.29, 0.717) is 29.3 Å². The van der Waals surface area contributed by atoms with Crippen LogP contribution in [0.3, 0.4) is 0 Å². The van der Waals surface area contributed by atoms with Gasteiger partial charge in [0.2, 0.25) is 17.6 Å². The van der Waals surface area contributed by atoms with Crippen molar-refractivity contribution in [1.29, 1.82) is 0 Å². The van der Waals surface area contributed by atoms with Crippen molar-refractivity contribution in [1.82, 2.24) is 19.9 Å². The summed E-state index contributed by atoms with van der Waals surface area (Å²) < 4.78 is 5.53. The molecule has 0 spiro atoms. The minimum Gasteiger partial charge on any atom is -0.337 e. The Hall–Kier alpha value is -3.81. The number of carbonyl (C=O) groups excluding carboxylic acids is 3. The summed E-state index contributed by atoms with van der Waals surface area (Å²) >= 11 is 0. The van der Waals surface area contributed by atoms with Crippen LogP contribution in [0.15, 0.2) is 53.1 Å². The Labute approximate surface area is 210 Å². The number of amides is 3. The molecule has 3 amide bonds. The van der Waals surface area contributed by atoms with Gasteiger partial charge in [-0.05, 0) is 44.4 Å². The number of aryl methyl sites for hydroxylation is 1. The van der Waals surface area contributed by atoms with Crippen LogP contribution in [-0.4, -0.2) is 50.2 Å². The maximum Gasteiger partial charge on any atom is 0.261 e. The highest BCUT2D eigenvalue weighted by molar-refractivity contribution is 6.21. The first-order chi connectivity index (χ1) is 17.5. The van der Waals surface area contributed by atoms with E-state index in [4.69, 9.17) is 4.52 Å². The number of rotatable bonds is 8. The highest BCUT2D eigenvalue weighted by Gasteiger charge is 2.35. The monoisotopic (exact) mass is 486 g/mol. The molecule has 3 aromatic rings. The second kappa shape index (κ2) is 10.4. The Bertz CT molecular complexity index is 1240. The molecule has 0 atom stereocenters. The molecular weight excluding hydrogens is 456 g/mol. The molecule has 0 unspecified atom stereocenters. The Balaban J connectivity index is 1.24. The highest BCUT2D eigenvalue weighted by atomic mass is 16.5. The van der Waals surface area contributed by atoms with Gasteiger partial charge in [0.15, 0.2) is 0 Å². The third-order valence-electron chi connectivity index (χ3n) is 7.04. The molecule has 0 N–H and O–H groups in total. The lowest BCUT2D eigenvalue weighted by Gasteiger charge is -2.33. The SMILES string of the molecule is Cc1cccc(-c2noc(CN(C(=O)CCCN3C(=O)c4ccccc4C3=O)C3CCCCC3)n2)c1. The number of imide groups is 1. The van der Waals surface area contributed by atoms with Gasteiger partial charge in [-0.1, -0.05) is 60.3 Å². The molecule has 1 aromatic heterocycles.